The van der Waals surface area contributed by atoms with Gasteiger partial charge < -0.3 is 10.6 Å². The highest BCUT2D eigenvalue weighted by Gasteiger charge is 2.25. The number of imidazole rings is 1. The van der Waals surface area contributed by atoms with Gasteiger partial charge in [-0.1, -0.05) is 53.5 Å². The van der Waals surface area contributed by atoms with Gasteiger partial charge in [0.2, 0.25) is 5.91 Å². The van der Waals surface area contributed by atoms with E-state index in [1.165, 1.54) is 0 Å². The van der Waals surface area contributed by atoms with E-state index in [2.05, 4.69) is 25.8 Å². The van der Waals surface area contributed by atoms with Gasteiger partial charge in [0.1, 0.15) is 12.2 Å². The largest absolute Gasteiger partial charge is 0.366 e. The van der Waals surface area contributed by atoms with Crippen LogP contribution in [0.25, 0.3) is 28.2 Å². The van der Waals surface area contributed by atoms with Crippen molar-refractivity contribution in [2.45, 2.75) is 6.54 Å². The summed E-state index contributed by atoms with van der Waals surface area (Å²) < 4.78 is 1.94. The lowest BCUT2D eigenvalue weighted by atomic mass is 10.1. The lowest BCUT2D eigenvalue weighted by Gasteiger charge is -2.35. The summed E-state index contributed by atoms with van der Waals surface area (Å²) >= 11 is 13.0. The topological polar surface area (TPSA) is 93.2 Å². The number of hydrogen-bond acceptors (Lipinski definition) is 6. The summed E-state index contributed by atoms with van der Waals surface area (Å²) in [5.41, 5.74) is 9.91. The van der Waals surface area contributed by atoms with Crippen LogP contribution in [0, 0.1) is 0 Å². The number of hydrogen-bond donors (Lipinski definition) is 1. The molecule has 1 fully saturated rings. The molecule has 6 rings (SSSR count). The molecule has 1 aliphatic rings. The van der Waals surface area contributed by atoms with E-state index in [4.69, 9.17) is 33.9 Å². The first kappa shape index (κ1) is 25.3. The van der Waals surface area contributed by atoms with E-state index >= 15 is 0 Å². The number of amides is 1. The van der Waals surface area contributed by atoms with Crippen molar-refractivity contribution in [1.82, 2.24) is 24.4 Å². The first-order valence-electron chi connectivity index (χ1n) is 12.6. The summed E-state index contributed by atoms with van der Waals surface area (Å²) in [6, 6.07) is 22.6. The van der Waals surface area contributed by atoms with E-state index in [1.54, 1.807) is 18.5 Å². The van der Waals surface area contributed by atoms with E-state index in [1.807, 2.05) is 59.2 Å². The number of carbonyl (C=O) groups is 1. The second-order valence-corrected chi connectivity index (χ2v) is 10.2. The van der Waals surface area contributed by atoms with Crippen LogP contribution in [0.15, 0.2) is 79.1 Å². The Morgan fingerprint density at radius 3 is 2.23 bits per heavy atom. The quantitative estimate of drug-likeness (QED) is 0.308. The highest BCUT2D eigenvalue weighted by atomic mass is 35.5. The van der Waals surface area contributed by atoms with Crippen molar-refractivity contribution in [2.24, 2.45) is 5.73 Å². The highest BCUT2D eigenvalue weighted by Crippen LogP contribution is 2.35. The number of piperazine rings is 1. The lowest BCUT2D eigenvalue weighted by molar-refractivity contribution is 0.100. The molecule has 39 heavy (non-hydrogen) atoms. The summed E-state index contributed by atoms with van der Waals surface area (Å²) in [4.78, 5) is 30.6. The smallest absolute Gasteiger partial charge is 0.248 e. The van der Waals surface area contributed by atoms with Crippen LogP contribution < -0.4 is 10.6 Å². The number of fused-ring (bicyclic) bond motifs is 1. The maximum atomic E-state index is 11.7. The number of benzene rings is 3. The molecule has 1 saturated heterocycles. The van der Waals surface area contributed by atoms with Gasteiger partial charge in [-0.25, -0.2) is 15.0 Å². The van der Waals surface area contributed by atoms with Crippen molar-refractivity contribution in [3.8, 4) is 17.1 Å². The molecular formula is C29H25Cl2N7O. The van der Waals surface area contributed by atoms with Gasteiger partial charge in [-0.05, 0) is 48.0 Å². The Morgan fingerprint density at radius 1 is 0.846 bits per heavy atom. The van der Waals surface area contributed by atoms with Crippen LogP contribution in [0.4, 0.5) is 5.82 Å². The Hall–Kier alpha value is -3.98. The summed E-state index contributed by atoms with van der Waals surface area (Å²) in [6.07, 6.45) is 1.57. The first-order valence-corrected chi connectivity index (χ1v) is 13.3. The van der Waals surface area contributed by atoms with E-state index in [0.29, 0.717) is 27.6 Å². The van der Waals surface area contributed by atoms with Crippen molar-refractivity contribution in [3.63, 3.8) is 0 Å². The summed E-state index contributed by atoms with van der Waals surface area (Å²) in [5.74, 6) is 0.932. The standard InChI is InChI=1S/C29H25Cl2N7O/c30-23-7-3-1-5-20(23)17-36-13-15-37(16-14-36)28-25-29(34-18-33-28)38(21-11-9-19(10-12-21)26(32)39)27(35-25)22-6-2-4-8-24(22)31/h1-12,18H,13-17H2,(H2,32,39). The SMILES string of the molecule is NC(=O)c1ccc(-n2c(-c3ccccc3Cl)nc3c(N4CCN(Cc5ccccc5Cl)CC4)ncnc32)cc1. The fourth-order valence-electron chi connectivity index (χ4n) is 4.94. The molecule has 1 amide bonds. The zero-order valence-electron chi connectivity index (χ0n) is 21.0. The molecule has 10 heteroatoms. The molecule has 0 bridgehead atoms. The van der Waals surface area contributed by atoms with Crippen molar-refractivity contribution in [1.29, 1.82) is 0 Å². The van der Waals surface area contributed by atoms with Gasteiger partial charge in [0.05, 0.1) is 5.02 Å². The molecule has 0 atom stereocenters. The molecular weight excluding hydrogens is 533 g/mol. The lowest BCUT2D eigenvalue weighted by Crippen LogP contribution is -2.46. The van der Waals surface area contributed by atoms with Crippen LogP contribution in [-0.2, 0) is 6.54 Å². The average Bonchev–Trinajstić information content (AvgIpc) is 3.34. The number of rotatable bonds is 6. The van der Waals surface area contributed by atoms with E-state index in [0.717, 1.165) is 60.4 Å². The number of carbonyl (C=O) groups excluding carboxylic acids is 1. The molecule has 0 unspecified atom stereocenters. The maximum Gasteiger partial charge on any atom is 0.248 e. The molecule has 3 heterocycles. The predicted molar refractivity (Wildman–Crippen MR) is 155 cm³/mol. The van der Waals surface area contributed by atoms with Gasteiger partial charge in [0.15, 0.2) is 17.0 Å². The van der Waals surface area contributed by atoms with Gasteiger partial charge in [0.25, 0.3) is 0 Å². The average molecular weight is 558 g/mol. The molecule has 0 saturated carbocycles. The zero-order chi connectivity index (χ0) is 26.9. The summed E-state index contributed by atoms with van der Waals surface area (Å²) in [5, 5.41) is 1.37. The molecule has 196 valence electrons. The predicted octanol–water partition coefficient (Wildman–Crippen LogP) is 5.21. The number of aromatic nitrogens is 4. The third kappa shape index (κ3) is 4.94. The number of halogens is 2. The Balaban J connectivity index is 1.37. The van der Waals surface area contributed by atoms with Gasteiger partial charge in [-0.2, -0.15) is 0 Å². The van der Waals surface area contributed by atoms with Crippen LogP contribution in [0.3, 0.4) is 0 Å². The Kier molecular flexibility index (Phi) is 6.91. The Labute approximate surface area is 235 Å². The van der Waals surface area contributed by atoms with Crippen molar-refractivity contribution < 1.29 is 4.79 Å². The molecule has 1 aliphatic heterocycles. The maximum absolute atomic E-state index is 11.7. The Morgan fingerprint density at radius 2 is 1.54 bits per heavy atom. The zero-order valence-corrected chi connectivity index (χ0v) is 22.5. The molecule has 0 radical (unpaired) electrons. The van der Waals surface area contributed by atoms with Crippen LogP contribution in [0.2, 0.25) is 10.0 Å². The van der Waals surface area contributed by atoms with Gasteiger partial charge in [-0.15, -0.1) is 0 Å². The first-order chi connectivity index (χ1) is 19.0. The van der Waals surface area contributed by atoms with E-state index in [-0.39, 0.29) is 0 Å². The minimum absolute atomic E-state index is 0.424. The molecule has 2 aromatic heterocycles. The van der Waals surface area contributed by atoms with Gasteiger partial charge >= 0.3 is 0 Å². The van der Waals surface area contributed by atoms with Crippen molar-refractivity contribution in [2.75, 3.05) is 31.1 Å². The fraction of sp³-hybridized carbons (Fsp3) is 0.172. The molecule has 0 aliphatic carbocycles. The second-order valence-electron chi connectivity index (χ2n) is 9.39. The highest BCUT2D eigenvalue weighted by molar-refractivity contribution is 6.33. The molecule has 5 aromatic rings. The van der Waals surface area contributed by atoms with Crippen LogP contribution in [0.5, 0.6) is 0 Å². The van der Waals surface area contributed by atoms with E-state index in [9.17, 15) is 4.79 Å². The summed E-state index contributed by atoms with van der Waals surface area (Å²) in [6.45, 7) is 4.11. The molecule has 8 nitrogen and oxygen atoms in total. The molecule has 0 spiro atoms. The number of nitrogens with two attached hydrogens (primary N) is 1. The summed E-state index contributed by atoms with van der Waals surface area (Å²) in [7, 11) is 0. The number of anilines is 1. The van der Waals surface area contributed by atoms with Crippen molar-refractivity contribution >= 4 is 46.1 Å². The second kappa shape index (κ2) is 10.6. The molecule has 3 aromatic carbocycles. The van der Waals surface area contributed by atoms with Gasteiger partial charge in [0, 0.05) is 54.6 Å². The number of nitrogens with zero attached hydrogens (tertiary/aromatic N) is 6. The Bertz CT molecular complexity index is 1660. The third-order valence-corrected chi connectivity index (χ3v) is 7.67. The van der Waals surface area contributed by atoms with Crippen molar-refractivity contribution in [3.05, 3.63) is 100 Å². The van der Waals surface area contributed by atoms with Crippen LogP contribution in [0.1, 0.15) is 15.9 Å². The monoisotopic (exact) mass is 557 g/mol. The third-order valence-electron chi connectivity index (χ3n) is 6.97. The molecule has 2 N–H and O–H groups in total. The van der Waals surface area contributed by atoms with E-state index < -0.39 is 5.91 Å². The van der Waals surface area contributed by atoms with Crippen LogP contribution in [-0.4, -0.2) is 56.5 Å². The fourth-order valence-corrected chi connectivity index (χ4v) is 5.36. The normalized spacial score (nSPS) is 14.2. The minimum Gasteiger partial charge on any atom is -0.366 e. The number of primary amides is 1. The minimum atomic E-state index is -0.485. The van der Waals surface area contributed by atoms with Crippen LogP contribution >= 0.6 is 23.2 Å². The van der Waals surface area contributed by atoms with Gasteiger partial charge in [-0.3, -0.25) is 14.3 Å².